The van der Waals surface area contributed by atoms with Crippen LogP contribution in [-0.4, -0.2) is 24.9 Å². The van der Waals surface area contributed by atoms with Crippen molar-refractivity contribution in [2.24, 2.45) is 0 Å². The fourth-order valence-corrected chi connectivity index (χ4v) is 2.41. The van der Waals surface area contributed by atoms with E-state index in [0.717, 1.165) is 28.3 Å². The Balaban J connectivity index is 1.53. The minimum atomic E-state index is 0.708. The first-order valence-electron chi connectivity index (χ1n) is 7.90. The summed E-state index contributed by atoms with van der Waals surface area (Å²) in [6.07, 6.45) is 10.9. The van der Waals surface area contributed by atoms with Gasteiger partial charge in [-0.05, 0) is 24.3 Å². The Morgan fingerprint density at radius 2 is 1.48 bits per heavy atom. The molecule has 120 valence electrons. The van der Waals surface area contributed by atoms with Gasteiger partial charge in [-0.3, -0.25) is 4.98 Å². The number of H-pyrrole nitrogens is 1. The van der Waals surface area contributed by atoms with E-state index in [0.29, 0.717) is 5.82 Å². The van der Waals surface area contributed by atoms with E-state index in [2.05, 4.69) is 24.9 Å². The van der Waals surface area contributed by atoms with E-state index >= 15 is 0 Å². The van der Waals surface area contributed by atoms with Crippen molar-refractivity contribution in [1.82, 2.24) is 24.9 Å². The predicted octanol–water partition coefficient (Wildman–Crippen LogP) is 4.10. The van der Waals surface area contributed by atoms with Crippen LogP contribution in [0.3, 0.4) is 0 Å². The summed E-state index contributed by atoms with van der Waals surface area (Å²) in [4.78, 5) is 20.7. The SMILES string of the molecule is C(=C\c1ncc(-c2cnc(-c3ccccc3)nc2)[nH]1)/c1ccccn1. The lowest BCUT2D eigenvalue weighted by molar-refractivity contribution is 1.17. The van der Waals surface area contributed by atoms with Gasteiger partial charge >= 0.3 is 0 Å². The fraction of sp³-hybridized carbons (Fsp3) is 0. The molecular formula is C20H15N5. The van der Waals surface area contributed by atoms with Gasteiger partial charge in [0.1, 0.15) is 5.82 Å². The number of nitrogens with zero attached hydrogens (tertiary/aromatic N) is 4. The second kappa shape index (κ2) is 6.88. The van der Waals surface area contributed by atoms with Gasteiger partial charge in [-0.25, -0.2) is 15.0 Å². The molecule has 5 nitrogen and oxygen atoms in total. The van der Waals surface area contributed by atoms with E-state index in [1.165, 1.54) is 0 Å². The summed E-state index contributed by atoms with van der Waals surface area (Å²) in [5, 5.41) is 0. The summed E-state index contributed by atoms with van der Waals surface area (Å²) < 4.78 is 0. The summed E-state index contributed by atoms with van der Waals surface area (Å²) in [6.45, 7) is 0. The summed E-state index contributed by atoms with van der Waals surface area (Å²) in [5.41, 5.74) is 3.65. The number of aromatic nitrogens is 5. The number of aromatic amines is 1. The highest BCUT2D eigenvalue weighted by atomic mass is 14.9. The van der Waals surface area contributed by atoms with Crippen LogP contribution in [0, 0.1) is 0 Å². The van der Waals surface area contributed by atoms with E-state index in [-0.39, 0.29) is 0 Å². The summed E-state index contributed by atoms with van der Waals surface area (Å²) in [5.74, 6) is 1.46. The molecule has 0 saturated heterocycles. The van der Waals surface area contributed by atoms with Crippen LogP contribution in [0.2, 0.25) is 0 Å². The first-order chi connectivity index (χ1) is 12.4. The van der Waals surface area contributed by atoms with E-state index in [4.69, 9.17) is 0 Å². The highest BCUT2D eigenvalue weighted by Crippen LogP contribution is 2.19. The quantitative estimate of drug-likeness (QED) is 0.613. The normalized spacial score (nSPS) is 11.0. The molecule has 25 heavy (non-hydrogen) atoms. The number of rotatable bonds is 4. The summed E-state index contributed by atoms with van der Waals surface area (Å²) >= 11 is 0. The number of pyridine rings is 1. The van der Waals surface area contributed by atoms with Crippen molar-refractivity contribution in [3.05, 3.63) is 84.8 Å². The maximum absolute atomic E-state index is 4.44. The molecule has 0 radical (unpaired) electrons. The van der Waals surface area contributed by atoms with Crippen LogP contribution in [0.1, 0.15) is 11.5 Å². The van der Waals surface area contributed by atoms with E-state index in [1.54, 1.807) is 24.8 Å². The van der Waals surface area contributed by atoms with Crippen molar-refractivity contribution < 1.29 is 0 Å². The molecule has 0 fully saturated rings. The number of hydrogen-bond donors (Lipinski definition) is 1. The van der Waals surface area contributed by atoms with Crippen LogP contribution in [0.4, 0.5) is 0 Å². The molecule has 1 aromatic carbocycles. The van der Waals surface area contributed by atoms with Crippen molar-refractivity contribution in [3.8, 4) is 22.6 Å². The van der Waals surface area contributed by atoms with Gasteiger partial charge in [-0.15, -0.1) is 0 Å². The second-order valence-corrected chi connectivity index (χ2v) is 5.43. The first-order valence-corrected chi connectivity index (χ1v) is 7.90. The molecule has 0 aliphatic carbocycles. The van der Waals surface area contributed by atoms with E-state index < -0.39 is 0 Å². The van der Waals surface area contributed by atoms with E-state index in [1.807, 2.05) is 60.7 Å². The van der Waals surface area contributed by atoms with E-state index in [9.17, 15) is 0 Å². The molecule has 0 aliphatic heterocycles. The number of imidazole rings is 1. The fourth-order valence-electron chi connectivity index (χ4n) is 2.41. The van der Waals surface area contributed by atoms with Crippen molar-refractivity contribution in [3.63, 3.8) is 0 Å². The zero-order valence-corrected chi connectivity index (χ0v) is 13.4. The summed E-state index contributed by atoms with van der Waals surface area (Å²) in [7, 11) is 0. The molecule has 5 heteroatoms. The van der Waals surface area contributed by atoms with Crippen LogP contribution < -0.4 is 0 Å². The Kier molecular flexibility index (Phi) is 4.12. The second-order valence-electron chi connectivity index (χ2n) is 5.43. The maximum atomic E-state index is 4.44. The third kappa shape index (κ3) is 3.50. The third-order valence-electron chi connectivity index (χ3n) is 3.69. The number of hydrogen-bond acceptors (Lipinski definition) is 4. The Morgan fingerprint density at radius 3 is 2.24 bits per heavy atom. The molecule has 0 atom stereocenters. The molecule has 4 aromatic rings. The topological polar surface area (TPSA) is 67.3 Å². The molecule has 1 N–H and O–H groups in total. The molecule has 0 aliphatic rings. The summed E-state index contributed by atoms with van der Waals surface area (Å²) in [6, 6.07) is 15.7. The molecular weight excluding hydrogens is 310 g/mol. The van der Waals surface area contributed by atoms with Gasteiger partial charge in [-0.2, -0.15) is 0 Å². The number of benzene rings is 1. The first kappa shape index (κ1) is 15.0. The van der Waals surface area contributed by atoms with Crippen LogP contribution in [0.25, 0.3) is 34.8 Å². The Labute approximate surface area is 145 Å². The minimum absolute atomic E-state index is 0.708. The lowest BCUT2D eigenvalue weighted by atomic mass is 10.2. The molecule has 3 aromatic heterocycles. The average Bonchev–Trinajstić information content (AvgIpc) is 3.17. The highest BCUT2D eigenvalue weighted by molar-refractivity contribution is 5.67. The molecule has 0 spiro atoms. The van der Waals surface area contributed by atoms with Crippen LogP contribution in [0.5, 0.6) is 0 Å². The molecule has 0 unspecified atom stereocenters. The van der Waals surface area contributed by atoms with Gasteiger partial charge < -0.3 is 4.98 Å². The zero-order valence-electron chi connectivity index (χ0n) is 13.4. The minimum Gasteiger partial charge on any atom is -0.338 e. The van der Waals surface area contributed by atoms with Gasteiger partial charge in [0, 0.05) is 29.7 Å². The van der Waals surface area contributed by atoms with Crippen molar-refractivity contribution in [2.45, 2.75) is 0 Å². The molecule has 0 saturated carbocycles. The Bertz CT molecular complexity index is 974. The van der Waals surface area contributed by atoms with Crippen LogP contribution in [0.15, 0.2) is 73.3 Å². The van der Waals surface area contributed by atoms with Crippen molar-refractivity contribution in [1.29, 1.82) is 0 Å². The Morgan fingerprint density at radius 1 is 0.680 bits per heavy atom. The largest absolute Gasteiger partial charge is 0.338 e. The maximum Gasteiger partial charge on any atom is 0.159 e. The van der Waals surface area contributed by atoms with Gasteiger partial charge in [0.15, 0.2) is 5.82 Å². The monoisotopic (exact) mass is 325 g/mol. The van der Waals surface area contributed by atoms with Crippen molar-refractivity contribution >= 4 is 12.2 Å². The van der Waals surface area contributed by atoms with Gasteiger partial charge in [0.2, 0.25) is 0 Å². The molecule has 0 bridgehead atoms. The standard InChI is InChI=1S/C20H15N5/c1-2-6-15(7-3-1)20-23-12-16(13-24-20)18-14-22-19(25-18)10-9-17-8-4-5-11-21-17/h1-14H,(H,22,25)/b10-9+. The smallest absolute Gasteiger partial charge is 0.159 e. The molecule has 3 heterocycles. The van der Waals surface area contributed by atoms with Gasteiger partial charge in [-0.1, -0.05) is 36.4 Å². The van der Waals surface area contributed by atoms with Gasteiger partial charge in [0.25, 0.3) is 0 Å². The lowest BCUT2D eigenvalue weighted by Gasteiger charge is -2.01. The van der Waals surface area contributed by atoms with Crippen LogP contribution in [-0.2, 0) is 0 Å². The zero-order chi connectivity index (χ0) is 16.9. The molecule has 4 rings (SSSR count). The highest BCUT2D eigenvalue weighted by Gasteiger charge is 2.05. The predicted molar refractivity (Wildman–Crippen MR) is 98.2 cm³/mol. The third-order valence-corrected chi connectivity index (χ3v) is 3.69. The van der Waals surface area contributed by atoms with Gasteiger partial charge in [0.05, 0.1) is 17.6 Å². The number of nitrogens with one attached hydrogen (secondary N) is 1. The lowest BCUT2D eigenvalue weighted by Crippen LogP contribution is -1.89. The van der Waals surface area contributed by atoms with Crippen molar-refractivity contribution in [2.75, 3.05) is 0 Å². The van der Waals surface area contributed by atoms with Crippen LogP contribution >= 0.6 is 0 Å². The molecule has 0 amide bonds. The Hall–Kier alpha value is -3.60. The average molecular weight is 325 g/mol.